The summed E-state index contributed by atoms with van der Waals surface area (Å²) in [6.45, 7) is 6.18. The molecule has 36 heavy (non-hydrogen) atoms. The van der Waals surface area contributed by atoms with Gasteiger partial charge in [-0.05, 0) is 69.5 Å². The Kier molecular flexibility index (Phi) is 7.32. The highest BCUT2D eigenvalue weighted by molar-refractivity contribution is 5.95. The Balaban J connectivity index is 1.29. The summed E-state index contributed by atoms with van der Waals surface area (Å²) in [6, 6.07) is 13.6. The topological polar surface area (TPSA) is 88.5 Å². The van der Waals surface area contributed by atoms with Gasteiger partial charge in [0.1, 0.15) is 12.4 Å². The van der Waals surface area contributed by atoms with Crippen LogP contribution in [0.15, 0.2) is 59.7 Å². The molecule has 2 heterocycles. The fraction of sp³-hybridized carbons (Fsp3) is 0.393. The van der Waals surface area contributed by atoms with Gasteiger partial charge in [0.2, 0.25) is 0 Å². The summed E-state index contributed by atoms with van der Waals surface area (Å²) in [5.74, 6) is 0.947. The molecular formula is C28H33N5O3. The van der Waals surface area contributed by atoms with Crippen molar-refractivity contribution >= 4 is 11.7 Å². The van der Waals surface area contributed by atoms with Crippen molar-refractivity contribution < 1.29 is 9.53 Å². The predicted octanol–water partition coefficient (Wildman–Crippen LogP) is 3.52. The molecule has 0 bridgehead atoms. The Morgan fingerprint density at radius 3 is 2.75 bits per heavy atom. The number of carbonyl (C=O) groups is 1. The first kappa shape index (κ1) is 24.1. The molecule has 1 aliphatic carbocycles. The van der Waals surface area contributed by atoms with E-state index in [0.717, 1.165) is 49.4 Å². The molecule has 8 nitrogen and oxygen atoms in total. The standard InChI is InChI=1S/C28H33N5O3/c1-20-8-9-21(27(34)31-23-10-11-23)18-24(20)33-15-12-29-26(28(33)35)30-19-22-6-2-3-7-25(22)36-17-16-32-13-4-5-14-32/h2-3,6-9,12,15,18,23H,4-5,10-11,13-14,16-17,19H2,1H3,(H,29,30)(H,31,34). The van der Waals surface area contributed by atoms with Crippen LogP contribution in [0.2, 0.25) is 0 Å². The summed E-state index contributed by atoms with van der Waals surface area (Å²) in [5, 5.41) is 6.19. The maximum absolute atomic E-state index is 13.3. The lowest BCUT2D eigenvalue weighted by Gasteiger charge is -2.17. The highest BCUT2D eigenvalue weighted by Gasteiger charge is 2.24. The molecule has 2 aromatic carbocycles. The highest BCUT2D eigenvalue weighted by atomic mass is 16.5. The summed E-state index contributed by atoms with van der Waals surface area (Å²) < 4.78 is 7.61. The van der Waals surface area contributed by atoms with Gasteiger partial charge in [-0.25, -0.2) is 4.98 Å². The number of aryl methyl sites for hydroxylation is 1. The molecule has 1 saturated heterocycles. The minimum absolute atomic E-state index is 0.111. The maximum atomic E-state index is 13.3. The van der Waals surface area contributed by atoms with E-state index in [9.17, 15) is 9.59 Å². The van der Waals surface area contributed by atoms with Crippen molar-refractivity contribution in [2.45, 2.75) is 45.2 Å². The van der Waals surface area contributed by atoms with Crippen molar-refractivity contribution in [2.24, 2.45) is 0 Å². The number of amides is 1. The Morgan fingerprint density at radius 2 is 1.94 bits per heavy atom. The van der Waals surface area contributed by atoms with Gasteiger partial charge in [0.15, 0.2) is 5.82 Å². The summed E-state index contributed by atoms with van der Waals surface area (Å²) in [7, 11) is 0. The third-order valence-electron chi connectivity index (χ3n) is 6.77. The van der Waals surface area contributed by atoms with E-state index in [1.165, 1.54) is 17.4 Å². The van der Waals surface area contributed by atoms with Crippen molar-refractivity contribution in [3.05, 3.63) is 81.9 Å². The number of hydrogen-bond acceptors (Lipinski definition) is 6. The molecule has 0 atom stereocenters. The number of benzene rings is 2. The number of likely N-dealkylation sites (tertiary alicyclic amines) is 1. The Morgan fingerprint density at radius 1 is 1.14 bits per heavy atom. The molecule has 0 radical (unpaired) electrons. The average Bonchev–Trinajstić information content (AvgIpc) is 3.55. The van der Waals surface area contributed by atoms with Crippen LogP contribution in [0.25, 0.3) is 5.69 Å². The normalized spacial score (nSPS) is 15.6. The predicted molar refractivity (Wildman–Crippen MR) is 140 cm³/mol. The van der Waals surface area contributed by atoms with Crippen LogP contribution in [-0.2, 0) is 6.54 Å². The fourth-order valence-electron chi connectivity index (χ4n) is 4.49. The maximum Gasteiger partial charge on any atom is 0.297 e. The number of aromatic nitrogens is 2. The summed E-state index contributed by atoms with van der Waals surface area (Å²) in [5.41, 5.74) is 2.80. The van der Waals surface area contributed by atoms with Crippen LogP contribution in [0.3, 0.4) is 0 Å². The largest absolute Gasteiger partial charge is 0.492 e. The van der Waals surface area contributed by atoms with Gasteiger partial charge < -0.3 is 15.4 Å². The molecule has 1 aromatic heterocycles. The average molecular weight is 488 g/mol. The lowest BCUT2D eigenvalue weighted by atomic mass is 10.1. The first-order valence-electron chi connectivity index (χ1n) is 12.7. The molecule has 0 unspecified atom stereocenters. The smallest absolute Gasteiger partial charge is 0.297 e. The van der Waals surface area contributed by atoms with E-state index < -0.39 is 0 Å². The number of anilines is 1. The van der Waals surface area contributed by atoms with Crippen LogP contribution < -0.4 is 20.9 Å². The van der Waals surface area contributed by atoms with Gasteiger partial charge in [0.05, 0.1) is 5.69 Å². The van der Waals surface area contributed by atoms with Crippen LogP contribution in [-0.4, -0.2) is 52.6 Å². The number of carbonyl (C=O) groups excluding carboxylic acids is 1. The van der Waals surface area contributed by atoms with Crippen molar-refractivity contribution in [1.82, 2.24) is 19.8 Å². The molecule has 2 aliphatic rings. The second kappa shape index (κ2) is 11.0. The van der Waals surface area contributed by atoms with Gasteiger partial charge in [-0.1, -0.05) is 24.3 Å². The lowest BCUT2D eigenvalue weighted by Crippen LogP contribution is -2.27. The summed E-state index contributed by atoms with van der Waals surface area (Å²) >= 11 is 0. The van der Waals surface area contributed by atoms with Gasteiger partial charge in [-0.15, -0.1) is 0 Å². The molecule has 1 amide bonds. The highest BCUT2D eigenvalue weighted by Crippen LogP contribution is 2.22. The molecule has 3 aromatic rings. The first-order valence-corrected chi connectivity index (χ1v) is 12.7. The lowest BCUT2D eigenvalue weighted by molar-refractivity contribution is 0.0951. The van der Waals surface area contributed by atoms with E-state index in [2.05, 4.69) is 20.5 Å². The van der Waals surface area contributed by atoms with Gasteiger partial charge in [-0.3, -0.25) is 19.1 Å². The number of rotatable bonds is 10. The minimum atomic E-state index is -0.271. The number of nitrogens with zero attached hydrogens (tertiary/aromatic N) is 3. The third-order valence-corrected chi connectivity index (χ3v) is 6.77. The molecule has 8 heteroatoms. The van der Waals surface area contributed by atoms with Crippen LogP contribution in [0.5, 0.6) is 5.75 Å². The zero-order valence-electron chi connectivity index (χ0n) is 20.7. The van der Waals surface area contributed by atoms with E-state index in [1.807, 2.05) is 37.3 Å². The SMILES string of the molecule is Cc1ccc(C(=O)NC2CC2)cc1-n1ccnc(NCc2ccccc2OCCN2CCCC2)c1=O. The molecule has 0 spiro atoms. The van der Waals surface area contributed by atoms with E-state index in [0.29, 0.717) is 24.4 Å². The van der Waals surface area contributed by atoms with E-state index in [1.54, 1.807) is 24.5 Å². The molecule has 2 N–H and O–H groups in total. The summed E-state index contributed by atoms with van der Waals surface area (Å²) in [4.78, 5) is 32.6. The molecular weight excluding hydrogens is 454 g/mol. The molecule has 5 rings (SSSR count). The Labute approximate surface area is 211 Å². The zero-order chi connectivity index (χ0) is 24.9. The third kappa shape index (κ3) is 5.76. The van der Waals surface area contributed by atoms with Gasteiger partial charge in [-0.2, -0.15) is 0 Å². The van der Waals surface area contributed by atoms with Gasteiger partial charge in [0, 0.05) is 42.7 Å². The van der Waals surface area contributed by atoms with Crippen LogP contribution >= 0.6 is 0 Å². The quantitative estimate of drug-likeness (QED) is 0.455. The van der Waals surface area contributed by atoms with E-state index >= 15 is 0 Å². The number of nitrogens with one attached hydrogen (secondary N) is 2. The van der Waals surface area contributed by atoms with Crippen molar-refractivity contribution in [3.63, 3.8) is 0 Å². The zero-order valence-corrected chi connectivity index (χ0v) is 20.7. The second-order valence-corrected chi connectivity index (χ2v) is 9.56. The van der Waals surface area contributed by atoms with Gasteiger partial charge >= 0.3 is 0 Å². The van der Waals surface area contributed by atoms with Gasteiger partial charge in [0.25, 0.3) is 11.5 Å². The number of hydrogen-bond donors (Lipinski definition) is 2. The van der Waals surface area contributed by atoms with E-state index in [4.69, 9.17) is 4.74 Å². The van der Waals surface area contributed by atoms with Crippen molar-refractivity contribution in [1.29, 1.82) is 0 Å². The van der Waals surface area contributed by atoms with Crippen LogP contribution in [0.4, 0.5) is 5.82 Å². The molecule has 188 valence electrons. The van der Waals surface area contributed by atoms with Crippen molar-refractivity contribution in [3.8, 4) is 11.4 Å². The number of ether oxygens (including phenoxy) is 1. The molecule has 1 aliphatic heterocycles. The van der Waals surface area contributed by atoms with Crippen LogP contribution in [0.1, 0.15) is 47.2 Å². The summed E-state index contributed by atoms with van der Waals surface area (Å²) in [6.07, 6.45) is 7.80. The van der Waals surface area contributed by atoms with Crippen LogP contribution in [0, 0.1) is 6.92 Å². The minimum Gasteiger partial charge on any atom is -0.492 e. The Hall–Kier alpha value is -3.65. The van der Waals surface area contributed by atoms with E-state index in [-0.39, 0.29) is 23.3 Å². The fourth-order valence-corrected chi connectivity index (χ4v) is 4.49. The Bertz CT molecular complexity index is 1280. The van der Waals surface area contributed by atoms with Crippen molar-refractivity contribution in [2.75, 3.05) is 31.6 Å². The molecule has 2 fully saturated rings. The molecule has 1 saturated carbocycles. The monoisotopic (exact) mass is 487 g/mol. The second-order valence-electron chi connectivity index (χ2n) is 9.56. The first-order chi connectivity index (χ1) is 17.6. The number of para-hydroxylation sites is 1.